The highest BCUT2D eigenvalue weighted by molar-refractivity contribution is 9.10. The van der Waals surface area contributed by atoms with E-state index in [1.54, 1.807) is 23.7 Å². The smallest absolute Gasteiger partial charge is 0.298 e. The summed E-state index contributed by atoms with van der Waals surface area (Å²) in [6.07, 6.45) is 1.51. The van der Waals surface area contributed by atoms with Gasteiger partial charge in [-0.1, -0.05) is 40.2 Å². The van der Waals surface area contributed by atoms with E-state index in [1.807, 2.05) is 24.3 Å². The van der Waals surface area contributed by atoms with Crippen LogP contribution in [0.15, 0.2) is 67.7 Å². The number of nitrogens with zero attached hydrogens (tertiary/aromatic N) is 5. The standard InChI is InChI=1S/C21H18BrFN6O2/c1-27-18-17(19(30)28(2)21(27)31)29(12-14-4-3-5-15(22)10-14)20(25-18)26-24-11-13-6-8-16(23)9-7-13/h3-11H,12H2,1-2H3,(H,25,26). The second-order valence-corrected chi connectivity index (χ2v) is 7.87. The Morgan fingerprint density at radius 1 is 1.13 bits per heavy atom. The Balaban J connectivity index is 1.82. The highest BCUT2D eigenvalue weighted by atomic mass is 79.9. The molecule has 0 fully saturated rings. The number of hydrogen-bond donors (Lipinski definition) is 1. The molecule has 0 unspecified atom stereocenters. The molecular weight excluding hydrogens is 467 g/mol. The number of halogens is 2. The lowest BCUT2D eigenvalue weighted by molar-refractivity contribution is 0.628. The lowest BCUT2D eigenvalue weighted by atomic mass is 10.2. The number of rotatable bonds is 5. The van der Waals surface area contributed by atoms with Crippen LogP contribution >= 0.6 is 15.9 Å². The van der Waals surface area contributed by atoms with Gasteiger partial charge in [0.05, 0.1) is 12.8 Å². The van der Waals surface area contributed by atoms with E-state index in [4.69, 9.17) is 0 Å². The summed E-state index contributed by atoms with van der Waals surface area (Å²) in [7, 11) is 2.99. The molecule has 0 aliphatic heterocycles. The Labute approximate surface area is 184 Å². The quantitative estimate of drug-likeness (QED) is 0.348. The first-order valence-corrected chi connectivity index (χ1v) is 10.1. The number of hydrogen-bond acceptors (Lipinski definition) is 5. The number of benzene rings is 2. The van der Waals surface area contributed by atoms with Crippen LogP contribution in [0.3, 0.4) is 0 Å². The normalized spacial score (nSPS) is 11.5. The number of hydrazone groups is 1. The Morgan fingerprint density at radius 3 is 2.58 bits per heavy atom. The first-order chi connectivity index (χ1) is 14.8. The van der Waals surface area contributed by atoms with Gasteiger partial charge in [0, 0.05) is 18.6 Å². The van der Waals surface area contributed by atoms with Crippen molar-refractivity contribution < 1.29 is 4.39 Å². The highest BCUT2D eigenvalue weighted by Gasteiger charge is 2.19. The van der Waals surface area contributed by atoms with Gasteiger partial charge in [0.15, 0.2) is 11.2 Å². The maximum Gasteiger partial charge on any atom is 0.332 e. The van der Waals surface area contributed by atoms with Crippen LogP contribution in [0.2, 0.25) is 0 Å². The molecule has 8 nitrogen and oxygen atoms in total. The molecule has 0 atom stereocenters. The molecule has 0 saturated heterocycles. The van der Waals surface area contributed by atoms with Crippen LogP contribution in [0, 0.1) is 5.82 Å². The molecule has 0 aliphatic rings. The lowest BCUT2D eigenvalue weighted by Crippen LogP contribution is -2.37. The van der Waals surface area contributed by atoms with E-state index >= 15 is 0 Å². The van der Waals surface area contributed by atoms with Crippen LogP contribution in [0.25, 0.3) is 11.2 Å². The van der Waals surface area contributed by atoms with Crippen molar-refractivity contribution in [1.82, 2.24) is 18.7 Å². The number of fused-ring (bicyclic) bond motifs is 1. The van der Waals surface area contributed by atoms with Gasteiger partial charge in [-0.25, -0.2) is 14.6 Å². The van der Waals surface area contributed by atoms with E-state index in [2.05, 4.69) is 31.4 Å². The SMILES string of the molecule is Cn1c(=O)c2c(nc(NN=Cc3ccc(F)cc3)n2Cc2cccc(Br)c2)n(C)c1=O. The Bertz CT molecular complexity index is 1420. The third-order valence-corrected chi connectivity index (χ3v) is 5.32. The van der Waals surface area contributed by atoms with E-state index < -0.39 is 11.2 Å². The van der Waals surface area contributed by atoms with Gasteiger partial charge in [0.1, 0.15) is 5.82 Å². The molecule has 0 bridgehead atoms. The highest BCUT2D eigenvalue weighted by Crippen LogP contribution is 2.20. The summed E-state index contributed by atoms with van der Waals surface area (Å²) < 4.78 is 18.0. The van der Waals surface area contributed by atoms with Crippen molar-refractivity contribution in [3.05, 3.63) is 90.8 Å². The average Bonchev–Trinajstić information content (AvgIpc) is 3.10. The predicted octanol–water partition coefficient (Wildman–Crippen LogP) is 2.83. The summed E-state index contributed by atoms with van der Waals surface area (Å²) >= 11 is 3.45. The topological polar surface area (TPSA) is 86.2 Å². The largest absolute Gasteiger partial charge is 0.332 e. The molecule has 2 heterocycles. The number of imidazole rings is 1. The van der Waals surface area contributed by atoms with E-state index in [1.165, 1.54) is 30.0 Å². The number of nitrogens with one attached hydrogen (secondary N) is 1. The van der Waals surface area contributed by atoms with Crippen molar-refractivity contribution >= 4 is 39.3 Å². The van der Waals surface area contributed by atoms with Gasteiger partial charge in [-0.05, 0) is 35.4 Å². The molecule has 4 aromatic rings. The predicted molar refractivity (Wildman–Crippen MR) is 121 cm³/mol. The van der Waals surface area contributed by atoms with Gasteiger partial charge < -0.3 is 0 Å². The molecule has 158 valence electrons. The van der Waals surface area contributed by atoms with Crippen molar-refractivity contribution in [2.75, 3.05) is 5.43 Å². The van der Waals surface area contributed by atoms with Gasteiger partial charge in [0.2, 0.25) is 5.95 Å². The molecule has 31 heavy (non-hydrogen) atoms. The molecule has 0 spiro atoms. The third-order valence-electron chi connectivity index (χ3n) is 4.83. The number of anilines is 1. The van der Waals surface area contributed by atoms with Crippen molar-refractivity contribution in [3.63, 3.8) is 0 Å². The van der Waals surface area contributed by atoms with E-state index in [0.29, 0.717) is 18.1 Å². The van der Waals surface area contributed by atoms with Crippen molar-refractivity contribution in [1.29, 1.82) is 0 Å². The average molecular weight is 485 g/mol. The van der Waals surface area contributed by atoms with Crippen molar-refractivity contribution in [2.24, 2.45) is 19.2 Å². The molecule has 0 aliphatic carbocycles. The monoisotopic (exact) mass is 484 g/mol. The summed E-state index contributed by atoms with van der Waals surface area (Å²) in [5, 5.41) is 4.17. The van der Waals surface area contributed by atoms with E-state index in [9.17, 15) is 14.0 Å². The summed E-state index contributed by atoms with van der Waals surface area (Å²) in [5.41, 5.74) is 4.08. The minimum Gasteiger partial charge on any atom is -0.298 e. The summed E-state index contributed by atoms with van der Waals surface area (Å²) in [5.74, 6) is -0.0377. The molecule has 0 saturated carbocycles. The molecular formula is C21H18BrFN6O2. The Kier molecular flexibility index (Phi) is 5.55. The minimum absolute atomic E-state index is 0.252. The Hall–Kier alpha value is -3.53. The van der Waals surface area contributed by atoms with Crippen LogP contribution in [0.1, 0.15) is 11.1 Å². The molecule has 10 heteroatoms. The number of aryl methyl sites for hydroxylation is 1. The maximum atomic E-state index is 13.1. The molecule has 2 aromatic heterocycles. The van der Waals surface area contributed by atoms with Crippen molar-refractivity contribution in [3.8, 4) is 0 Å². The first-order valence-electron chi connectivity index (χ1n) is 9.30. The fraction of sp³-hybridized carbons (Fsp3) is 0.143. The van der Waals surface area contributed by atoms with Gasteiger partial charge in [-0.2, -0.15) is 10.1 Å². The second kappa shape index (κ2) is 8.31. The summed E-state index contributed by atoms with van der Waals surface area (Å²) in [6, 6.07) is 13.5. The zero-order valence-corrected chi connectivity index (χ0v) is 18.3. The fourth-order valence-corrected chi connectivity index (χ4v) is 3.66. The van der Waals surface area contributed by atoms with Gasteiger partial charge in [-0.3, -0.25) is 18.5 Å². The second-order valence-electron chi connectivity index (χ2n) is 6.95. The number of aromatic nitrogens is 4. The van der Waals surface area contributed by atoms with Crippen molar-refractivity contribution in [2.45, 2.75) is 6.54 Å². The van der Waals surface area contributed by atoms with E-state index in [0.717, 1.165) is 14.6 Å². The minimum atomic E-state index is -0.467. The maximum absolute atomic E-state index is 13.1. The van der Waals surface area contributed by atoms with Crippen LogP contribution in [0.4, 0.5) is 10.3 Å². The van der Waals surface area contributed by atoms with Crippen LogP contribution in [-0.2, 0) is 20.6 Å². The summed E-state index contributed by atoms with van der Waals surface area (Å²) in [4.78, 5) is 29.7. The fourth-order valence-electron chi connectivity index (χ4n) is 3.22. The summed E-state index contributed by atoms with van der Waals surface area (Å²) in [6.45, 7) is 0.331. The van der Waals surface area contributed by atoms with Gasteiger partial charge in [0.25, 0.3) is 5.56 Å². The van der Waals surface area contributed by atoms with Crippen LogP contribution < -0.4 is 16.7 Å². The zero-order valence-electron chi connectivity index (χ0n) is 16.7. The zero-order chi connectivity index (χ0) is 22.1. The molecule has 0 radical (unpaired) electrons. The third kappa shape index (κ3) is 4.06. The molecule has 0 amide bonds. The van der Waals surface area contributed by atoms with Gasteiger partial charge in [-0.15, -0.1) is 0 Å². The van der Waals surface area contributed by atoms with E-state index in [-0.39, 0.29) is 17.0 Å². The molecule has 4 rings (SSSR count). The van der Waals surface area contributed by atoms with Crippen LogP contribution in [-0.4, -0.2) is 24.9 Å². The molecule has 1 N–H and O–H groups in total. The lowest BCUT2D eigenvalue weighted by Gasteiger charge is -2.09. The Morgan fingerprint density at radius 2 is 1.87 bits per heavy atom. The molecule has 2 aromatic carbocycles. The van der Waals surface area contributed by atoms with Crippen LogP contribution in [0.5, 0.6) is 0 Å². The van der Waals surface area contributed by atoms with Gasteiger partial charge >= 0.3 is 5.69 Å². The first kappa shape index (κ1) is 20.7.